The van der Waals surface area contributed by atoms with Gasteiger partial charge in [0.05, 0.1) is 6.61 Å². The lowest BCUT2D eigenvalue weighted by Gasteiger charge is -2.33. The van der Waals surface area contributed by atoms with E-state index in [4.69, 9.17) is 4.74 Å². The van der Waals surface area contributed by atoms with Crippen LogP contribution in [0.5, 0.6) is 5.75 Å². The number of likely N-dealkylation sites (tertiary alicyclic amines) is 1. The summed E-state index contributed by atoms with van der Waals surface area (Å²) in [7, 11) is 2.07. The van der Waals surface area contributed by atoms with Crippen molar-refractivity contribution in [3.05, 3.63) is 65.0 Å². The summed E-state index contributed by atoms with van der Waals surface area (Å²) in [6.07, 6.45) is 1.63. The lowest BCUT2D eigenvalue weighted by molar-refractivity contribution is 0.143. The molecule has 2 aromatic carbocycles. The van der Waals surface area contributed by atoms with Crippen molar-refractivity contribution >= 4 is 0 Å². The predicted octanol–water partition coefficient (Wildman–Crippen LogP) is 4.61. The van der Waals surface area contributed by atoms with Gasteiger partial charge in [0.1, 0.15) is 17.7 Å². The highest BCUT2D eigenvalue weighted by Gasteiger charge is 2.27. The molecule has 0 N–H and O–H groups in total. The zero-order chi connectivity index (χ0) is 20.2. The summed E-state index contributed by atoms with van der Waals surface area (Å²) in [6, 6.07) is 13.3. The number of likely N-dealkylation sites (N-methyl/N-ethyl adjacent to an activating group) is 1. The van der Waals surface area contributed by atoms with Crippen LogP contribution in [0.1, 0.15) is 41.9 Å². The molecule has 0 amide bonds. The summed E-state index contributed by atoms with van der Waals surface area (Å²) in [5.41, 5.74) is 3.15. The maximum Gasteiger partial charge on any atom is 0.127 e. The number of alkyl halides is 1. The molecule has 1 saturated heterocycles. The van der Waals surface area contributed by atoms with Crippen LogP contribution in [0.15, 0.2) is 42.5 Å². The Morgan fingerprint density at radius 1 is 1.07 bits per heavy atom. The van der Waals surface area contributed by atoms with E-state index in [9.17, 15) is 8.78 Å². The third-order valence-electron chi connectivity index (χ3n) is 6.11. The third-order valence-corrected chi connectivity index (χ3v) is 6.11. The van der Waals surface area contributed by atoms with Crippen molar-refractivity contribution in [1.29, 1.82) is 0 Å². The monoisotopic (exact) mass is 400 g/mol. The van der Waals surface area contributed by atoms with E-state index in [1.807, 2.05) is 18.2 Å². The second-order valence-corrected chi connectivity index (χ2v) is 8.35. The highest BCUT2D eigenvalue weighted by Crippen LogP contribution is 2.35. The third kappa shape index (κ3) is 4.96. The zero-order valence-electron chi connectivity index (χ0n) is 17.1. The molecule has 156 valence electrons. The number of fused-ring (bicyclic) bond motifs is 1. The van der Waals surface area contributed by atoms with Crippen LogP contribution >= 0.6 is 0 Å². The molecular weight excluding hydrogens is 370 g/mol. The summed E-state index contributed by atoms with van der Waals surface area (Å²) in [4.78, 5) is 4.55. The number of rotatable bonds is 6. The minimum atomic E-state index is -0.621. The minimum Gasteiger partial charge on any atom is -0.494 e. The molecular formula is C24H30F2N2O. The van der Waals surface area contributed by atoms with Crippen LogP contribution in [0.4, 0.5) is 8.78 Å². The average Bonchev–Trinajstić information content (AvgIpc) is 2.72. The van der Waals surface area contributed by atoms with Crippen LogP contribution < -0.4 is 4.74 Å². The first kappa shape index (κ1) is 20.3. The van der Waals surface area contributed by atoms with E-state index in [-0.39, 0.29) is 11.7 Å². The van der Waals surface area contributed by atoms with Crippen molar-refractivity contribution in [2.45, 2.75) is 37.9 Å². The van der Waals surface area contributed by atoms with Gasteiger partial charge in [0.15, 0.2) is 0 Å². The van der Waals surface area contributed by atoms with Crippen LogP contribution in [-0.2, 0) is 6.54 Å². The van der Waals surface area contributed by atoms with Gasteiger partial charge in [-0.2, -0.15) is 0 Å². The molecule has 2 aliphatic heterocycles. The van der Waals surface area contributed by atoms with Gasteiger partial charge in [0.25, 0.3) is 0 Å². The fourth-order valence-corrected chi connectivity index (χ4v) is 4.54. The number of nitrogens with zero attached hydrogens (tertiary/aromatic N) is 2. The van der Waals surface area contributed by atoms with Crippen molar-refractivity contribution in [1.82, 2.24) is 9.80 Å². The maximum atomic E-state index is 14.4. The normalized spacial score (nSPS) is 21.1. The standard InChI is InChI=1S/C24H30F2N2O/c1-27-16-18-15-20(29-14-4-11-28-12-9-19(25)10-13-28)7-8-21(18)23(17-27)22-5-2-3-6-24(22)26/h2-3,5-8,15,19,23H,4,9-14,16-17H2,1H3. The van der Waals surface area contributed by atoms with Gasteiger partial charge < -0.3 is 14.5 Å². The zero-order valence-corrected chi connectivity index (χ0v) is 17.1. The molecule has 2 aromatic rings. The first-order valence-electron chi connectivity index (χ1n) is 10.6. The summed E-state index contributed by atoms with van der Waals surface area (Å²) in [6.45, 7) is 4.96. The fourth-order valence-electron chi connectivity index (χ4n) is 4.54. The summed E-state index contributed by atoms with van der Waals surface area (Å²) >= 11 is 0. The molecule has 0 radical (unpaired) electrons. The van der Waals surface area contributed by atoms with E-state index in [2.05, 4.69) is 29.0 Å². The number of benzene rings is 2. The van der Waals surface area contributed by atoms with E-state index in [1.165, 1.54) is 17.2 Å². The molecule has 1 atom stereocenters. The topological polar surface area (TPSA) is 15.7 Å². The Balaban J connectivity index is 1.38. The van der Waals surface area contributed by atoms with E-state index in [0.717, 1.165) is 50.5 Å². The van der Waals surface area contributed by atoms with E-state index < -0.39 is 6.17 Å². The Bertz CT molecular complexity index is 820. The number of ether oxygens (including phenoxy) is 1. The summed E-state index contributed by atoms with van der Waals surface area (Å²) < 4.78 is 33.6. The fraction of sp³-hybridized carbons (Fsp3) is 0.500. The minimum absolute atomic E-state index is 0.0393. The molecule has 0 aliphatic carbocycles. The van der Waals surface area contributed by atoms with Gasteiger partial charge in [-0.3, -0.25) is 0 Å². The van der Waals surface area contributed by atoms with Crippen molar-refractivity contribution in [3.8, 4) is 5.75 Å². The van der Waals surface area contributed by atoms with Crippen LogP contribution in [0.3, 0.4) is 0 Å². The Morgan fingerprint density at radius 2 is 1.86 bits per heavy atom. The lowest BCUT2D eigenvalue weighted by Crippen LogP contribution is -2.35. The summed E-state index contributed by atoms with van der Waals surface area (Å²) in [5, 5.41) is 0. The molecule has 1 fully saturated rings. The molecule has 5 heteroatoms. The van der Waals surface area contributed by atoms with Crippen molar-refractivity contribution in [3.63, 3.8) is 0 Å². The molecule has 0 saturated carbocycles. The number of piperidine rings is 1. The molecule has 29 heavy (non-hydrogen) atoms. The van der Waals surface area contributed by atoms with E-state index in [0.29, 0.717) is 19.4 Å². The molecule has 2 heterocycles. The van der Waals surface area contributed by atoms with Gasteiger partial charge in [-0.1, -0.05) is 24.3 Å². The number of hydrogen-bond acceptors (Lipinski definition) is 3. The molecule has 1 unspecified atom stereocenters. The van der Waals surface area contributed by atoms with Gasteiger partial charge in [0, 0.05) is 38.6 Å². The maximum absolute atomic E-state index is 14.4. The lowest BCUT2D eigenvalue weighted by atomic mass is 9.84. The van der Waals surface area contributed by atoms with Gasteiger partial charge in [-0.25, -0.2) is 8.78 Å². The molecule has 2 aliphatic rings. The SMILES string of the molecule is CN1Cc2cc(OCCCN3CCC(F)CC3)ccc2C(c2ccccc2F)C1. The highest BCUT2D eigenvalue weighted by atomic mass is 19.1. The second-order valence-electron chi connectivity index (χ2n) is 8.35. The smallest absolute Gasteiger partial charge is 0.127 e. The van der Waals surface area contributed by atoms with Crippen molar-refractivity contribution < 1.29 is 13.5 Å². The number of hydrogen-bond donors (Lipinski definition) is 0. The van der Waals surface area contributed by atoms with Gasteiger partial charge >= 0.3 is 0 Å². The van der Waals surface area contributed by atoms with Crippen molar-refractivity contribution in [2.75, 3.05) is 39.8 Å². The Hall–Kier alpha value is -1.98. The first-order chi connectivity index (χ1) is 14.1. The van der Waals surface area contributed by atoms with E-state index in [1.54, 1.807) is 6.07 Å². The van der Waals surface area contributed by atoms with Crippen LogP contribution in [0, 0.1) is 5.82 Å². The molecule has 0 aromatic heterocycles. The Morgan fingerprint density at radius 3 is 2.66 bits per heavy atom. The quantitative estimate of drug-likeness (QED) is 0.659. The Kier molecular flexibility index (Phi) is 6.46. The van der Waals surface area contributed by atoms with Gasteiger partial charge in [-0.05, 0) is 61.2 Å². The Labute approximate surface area is 172 Å². The van der Waals surface area contributed by atoms with Gasteiger partial charge in [0.2, 0.25) is 0 Å². The van der Waals surface area contributed by atoms with Crippen LogP contribution in [0.25, 0.3) is 0 Å². The number of halogens is 2. The molecule has 4 rings (SSSR count). The van der Waals surface area contributed by atoms with E-state index >= 15 is 0 Å². The van der Waals surface area contributed by atoms with Crippen LogP contribution in [0.2, 0.25) is 0 Å². The summed E-state index contributed by atoms with van der Waals surface area (Å²) in [5.74, 6) is 0.766. The van der Waals surface area contributed by atoms with Gasteiger partial charge in [-0.15, -0.1) is 0 Å². The average molecular weight is 401 g/mol. The molecule has 0 bridgehead atoms. The highest BCUT2D eigenvalue weighted by molar-refractivity contribution is 5.44. The van der Waals surface area contributed by atoms with Crippen molar-refractivity contribution in [2.24, 2.45) is 0 Å². The molecule has 0 spiro atoms. The first-order valence-corrected chi connectivity index (χ1v) is 10.6. The largest absolute Gasteiger partial charge is 0.494 e. The van der Waals surface area contributed by atoms with Crippen LogP contribution in [-0.4, -0.2) is 55.8 Å². The second kappa shape index (κ2) is 9.23. The predicted molar refractivity (Wildman–Crippen MR) is 112 cm³/mol. The molecule has 3 nitrogen and oxygen atoms in total.